The Balaban J connectivity index is 1.10. The number of hydrogen-bond acceptors (Lipinski definition) is 2. The molecule has 8 aromatic carbocycles. The molecular formula is C51H35N3. The van der Waals surface area contributed by atoms with E-state index in [1.807, 2.05) is 0 Å². The van der Waals surface area contributed by atoms with Crippen molar-refractivity contribution in [3.05, 3.63) is 187 Å². The standard InChI is InChI=1S/C51H35N3/c1-51(2)42-21-11-8-18-39(42)45-37-16-6-7-17-38(37)46-41-20-10-13-23-44(41)54(49(46)47(45)51)36-30-28-35(29-31-36)50-52-43-22-12-9-19-40(43)48(53-50)34-26-24-33(25-27-34)32-14-4-3-5-15-32/h3-31H,1-2H3. The third-order valence-electron chi connectivity index (χ3n) is 11.6. The summed E-state index contributed by atoms with van der Waals surface area (Å²) in [5.41, 5.74) is 15.2. The lowest BCUT2D eigenvalue weighted by Crippen LogP contribution is -2.16. The fraction of sp³-hybridized carbons (Fsp3) is 0.0588. The second-order valence-electron chi connectivity index (χ2n) is 14.9. The highest BCUT2D eigenvalue weighted by Crippen LogP contribution is 2.56. The highest BCUT2D eigenvalue weighted by molar-refractivity contribution is 6.27. The number of benzene rings is 8. The molecule has 254 valence electrons. The number of fused-ring (bicyclic) bond motifs is 11. The van der Waals surface area contributed by atoms with Crippen LogP contribution < -0.4 is 0 Å². The third kappa shape index (κ3) is 4.42. The monoisotopic (exact) mass is 689 g/mol. The predicted molar refractivity (Wildman–Crippen MR) is 225 cm³/mol. The number of aromatic nitrogens is 3. The largest absolute Gasteiger partial charge is 0.309 e. The van der Waals surface area contributed by atoms with E-state index >= 15 is 0 Å². The molecule has 0 fully saturated rings. The molecule has 0 atom stereocenters. The molecule has 3 nitrogen and oxygen atoms in total. The summed E-state index contributed by atoms with van der Waals surface area (Å²) in [6.07, 6.45) is 0. The maximum Gasteiger partial charge on any atom is 0.160 e. The van der Waals surface area contributed by atoms with E-state index in [0.29, 0.717) is 5.82 Å². The van der Waals surface area contributed by atoms with Gasteiger partial charge in [0.2, 0.25) is 0 Å². The first-order valence-electron chi connectivity index (χ1n) is 18.7. The Bertz CT molecular complexity index is 3100. The Morgan fingerprint density at radius 2 is 1.06 bits per heavy atom. The quantitative estimate of drug-likeness (QED) is 0.184. The van der Waals surface area contributed by atoms with Crippen LogP contribution in [0.5, 0.6) is 0 Å². The summed E-state index contributed by atoms with van der Waals surface area (Å²) in [5, 5.41) is 6.23. The molecule has 0 spiro atoms. The molecule has 0 aliphatic heterocycles. The molecule has 1 aliphatic rings. The van der Waals surface area contributed by atoms with E-state index in [0.717, 1.165) is 33.4 Å². The van der Waals surface area contributed by atoms with Crippen LogP contribution in [0.1, 0.15) is 25.0 Å². The molecule has 0 N–H and O–H groups in total. The van der Waals surface area contributed by atoms with Gasteiger partial charge in [-0.3, -0.25) is 0 Å². The Labute approximate surface area is 313 Å². The van der Waals surface area contributed by atoms with Crippen molar-refractivity contribution in [3.8, 4) is 50.6 Å². The maximum absolute atomic E-state index is 5.24. The van der Waals surface area contributed by atoms with Crippen molar-refractivity contribution in [2.45, 2.75) is 19.3 Å². The van der Waals surface area contributed by atoms with Gasteiger partial charge in [0, 0.05) is 38.4 Å². The van der Waals surface area contributed by atoms with Gasteiger partial charge in [-0.05, 0) is 80.6 Å². The van der Waals surface area contributed by atoms with Gasteiger partial charge in [-0.25, -0.2) is 9.97 Å². The zero-order chi connectivity index (χ0) is 36.0. The Morgan fingerprint density at radius 3 is 1.85 bits per heavy atom. The molecule has 1 aliphatic carbocycles. The van der Waals surface area contributed by atoms with Gasteiger partial charge in [0.25, 0.3) is 0 Å². The summed E-state index contributed by atoms with van der Waals surface area (Å²) < 4.78 is 2.49. The molecule has 0 amide bonds. The molecule has 0 saturated heterocycles. The summed E-state index contributed by atoms with van der Waals surface area (Å²) >= 11 is 0. The average Bonchev–Trinajstić information content (AvgIpc) is 3.70. The smallest absolute Gasteiger partial charge is 0.160 e. The molecule has 54 heavy (non-hydrogen) atoms. The summed E-state index contributed by atoms with van der Waals surface area (Å²) in [6, 6.07) is 63.2. The van der Waals surface area contributed by atoms with Gasteiger partial charge in [-0.15, -0.1) is 0 Å². The van der Waals surface area contributed by atoms with Gasteiger partial charge in [0.05, 0.1) is 22.2 Å². The van der Waals surface area contributed by atoms with E-state index in [-0.39, 0.29) is 5.41 Å². The van der Waals surface area contributed by atoms with E-state index in [1.165, 1.54) is 66.0 Å². The van der Waals surface area contributed by atoms with Crippen LogP contribution in [0.2, 0.25) is 0 Å². The summed E-state index contributed by atoms with van der Waals surface area (Å²) in [5.74, 6) is 0.716. The zero-order valence-corrected chi connectivity index (χ0v) is 30.1. The van der Waals surface area contributed by atoms with Crippen molar-refractivity contribution >= 4 is 43.5 Å². The number of para-hydroxylation sites is 2. The molecule has 0 unspecified atom stereocenters. The molecule has 0 bridgehead atoms. The second kappa shape index (κ2) is 11.6. The van der Waals surface area contributed by atoms with Gasteiger partial charge in [0.1, 0.15) is 0 Å². The van der Waals surface area contributed by atoms with Gasteiger partial charge in [0.15, 0.2) is 5.82 Å². The Kier molecular flexibility index (Phi) is 6.60. The van der Waals surface area contributed by atoms with E-state index in [1.54, 1.807) is 0 Å². The first-order valence-corrected chi connectivity index (χ1v) is 18.7. The average molecular weight is 690 g/mol. The van der Waals surface area contributed by atoms with E-state index in [2.05, 4.69) is 194 Å². The molecule has 10 aromatic rings. The highest BCUT2D eigenvalue weighted by Gasteiger charge is 2.40. The van der Waals surface area contributed by atoms with Crippen molar-refractivity contribution < 1.29 is 0 Å². The summed E-state index contributed by atoms with van der Waals surface area (Å²) in [6.45, 7) is 4.78. The van der Waals surface area contributed by atoms with E-state index < -0.39 is 0 Å². The zero-order valence-electron chi connectivity index (χ0n) is 30.1. The molecule has 0 saturated carbocycles. The van der Waals surface area contributed by atoms with Crippen LogP contribution in [0.3, 0.4) is 0 Å². The Morgan fingerprint density at radius 1 is 0.463 bits per heavy atom. The minimum Gasteiger partial charge on any atom is -0.309 e. The summed E-state index contributed by atoms with van der Waals surface area (Å²) in [7, 11) is 0. The number of rotatable bonds is 4. The lowest BCUT2D eigenvalue weighted by Gasteiger charge is -2.24. The predicted octanol–water partition coefficient (Wildman–Crippen LogP) is 13.2. The molecule has 0 radical (unpaired) electrons. The second-order valence-corrected chi connectivity index (χ2v) is 14.9. The summed E-state index contributed by atoms with van der Waals surface area (Å²) in [4.78, 5) is 10.3. The van der Waals surface area contributed by atoms with Gasteiger partial charge >= 0.3 is 0 Å². The van der Waals surface area contributed by atoms with Crippen LogP contribution in [0, 0.1) is 0 Å². The van der Waals surface area contributed by atoms with Crippen molar-refractivity contribution in [2.24, 2.45) is 0 Å². The van der Waals surface area contributed by atoms with Crippen LogP contribution >= 0.6 is 0 Å². The molecule has 2 heterocycles. The van der Waals surface area contributed by atoms with Gasteiger partial charge in [-0.2, -0.15) is 0 Å². The van der Waals surface area contributed by atoms with Crippen LogP contribution in [0.25, 0.3) is 94.1 Å². The first-order chi connectivity index (χ1) is 26.6. The SMILES string of the molecule is CC1(C)c2ccccc2-c2c1c1c(c3ccccc23)c2ccccc2n1-c1ccc(-c2nc(-c3ccc(-c4ccccc4)cc3)c3ccccc3n2)cc1. The first kappa shape index (κ1) is 30.8. The van der Waals surface area contributed by atoms with Crippen LogP contribution in [0.15, 0.2) is 176 Å². The van der Waals surface area contributed by atoms with E-state index in [4.69, 9.17) is 9.97 Å². The topological polar surface area (TPSA) is 30.7 Å². The fourth-order valence-electron chi connectivity index (χ4n) is 9.10. The minimum atomic E-state index is -0.186. The molecule has 3 heteroatoms. The van der Waals surface area contributed by atoms with Crippen molar-refractivity contribution in [2.75, 3.05) is 0 Å². The molecule has 11 rings (SSSR count). The van der Waals surface area contributed by atoms with Crippen LogP contribution in [-0.2, 0) is 5.41 Å². The molecular weight excluding hydrogens is 655 g/mol. The molecule has 2 aromatic heterocycles. The number of hydrogen-bond donors (Lipinski definition) is 0. The lowest BCUT2D eigenvalue weighted by atomic mass is 9.80. The van der Waals surface area contributed by atoms with Gasteiger partial charge in [-0.1, -0.05) is 153 Å². The minimum absolute atomic E-state index is 0.186. The van der Waals surface area contributed by atoms with Crippen molar-refractivity contribution in [1.82, 2.24) is 14.5 Å². The van der Waals surface area contributed by atoms with Crippen LogP contribution in [-0.4, -0.2) is 14.5 Å². The van der Waals surface area contributed by atoms with Gasteiger partial charge < -0.3 is 4.57 Å². The maximum atomic E-state index is 5.24. The highest BCUT2D eigenvalue weighted by atomic mass is 15.0. The van der Waals surface area contributed by atoms with Crippen molar-refractivity contribution in [3.63, 3.8) is 0 Å². The normalized spacial score (nSPS) is 13.1. The third-order valence-corrected chi connectivity index (χ3v) is 11.6. The number of nitrogens with zero attached hydrogens (tertiary/aromatic N) is 3. The van der Waals surface area contributed by atoms with E-state index in [9.17, 15) is 0 Å². The lowest BCUT2D eigenvalue weighted by molar-refractivity contribution is 0.664. The van der Waals surface area contributed by atoms with Crippen molar-refractivity contribution in [1.29, 1.82) is 0 Å². The van der Waals surface area contributed by atoms with Crippen LogP contribution in [0.4, 0.5) is 0 Å². The fourth-order valence-corrected chi connectivity index (χ4v) is 9.10. The Hall–Kier alpha value is -6.84.